The lowest BCUT2D eigenvalue weighted by atomic mass is 10.1. The summed E-state index contributed by atoms with van der Waals surface area (Å²) >= 11 is 0. The molecule has 1 amide bonds. The Labute approximate surface area is 125 Å². The zero-order valence-corrected chi connectivity index (χ0v) is 11.9. The summed E-state index contributed by atoms with van der Waals surface area (Å²) in [6.45, 7) is 1.00. The molecule has 0 aliphatic carbocycles. The highest BCUT2D eigenvalue weighted by molar-refractivity contribution is 5.77. The van der Waals surface area contributed by atoms with Crippen LogP contribution in [0.4, 0.5) is 0 Å². The molecule has 1 unspecified atom stereocenters. The van der Waals surface area contributed by atoms with E-state index < -0.39 is 23.3 Å². The van der Waals surface area contributed by atoms with Gasteiger partial charge in [-0.3, -0.25) is 19.4 Å². The third-order valence-corrected chi connectivity index (χ3v) is 3.42. The predicted molar refractivity (Wildman–Crippen MR) is 74.5 cm³/mol. The lowest BCUT2D eigenvalue weighted by Crippen LogP contribution is -2.49. The first-order chi connectivity index (χ1) is 10.5. The SMILES string of the molecule is O=C(O)CC1COCCN1C(=O)CCn1ccc(=O)[nH]c1=O. The van der Waals surface area contributed by atoms with Gasteiger partial charge in [0, 0.05) is 31.8 Å². The van der Waals surface area contributed by atoms with Crippen LogP contribution in [0.5, 0.6) is 0 Å². The second-order valence-electron chi connectivity index (χ2n) is 4.97. The summed E-state index contributed by atoms with van der Waals surface area (Å²) in [6, 6.07) is 0.708. The first-order valence-corrected chi connectivity index (χ1v) is 6.86. The van der Waals surface area contributed by atoms with Crippen LogP contribution in [0, 0.1) is 0 Å². The third-order valence-electron chi connectivity index (χ3n) is 3.42. The van der Waals surface area contributed by atoms with Crippen LogP contribution in [0.25, 0.3) is 0 Å². The zero-order valence-electron chi connectivity index (χ0n) is 11.9. The van der Waals surface area contributed by atoms with E-state index >= 15 is 0 Å². The summed E-state index contributed by atoms with van der Waals surface area (Å²) in [7, 11) is 0. The number of rotatable bonds is 5. The number of nitrogens with one attached hydrogen (secondary N) is 1. The maximum absolute atomic E-state index is 12.2. The van der Waals surface area contributed by atoms with Crippen LogP contribution in [0.2, 0.25) is 0 Å². The number of hydrogen-bond donors (Lipinski definition) is 2. The van der Waals surface area contributed by atoms with E-state index in [9.17, 15) is 19.2 Å². The van der Waals surface area contributed by atoms with Gasteiger partial charge >= 0.3 is 11.7 Å². The van der Waals surface area contributed by atoms with Crippen molar-refractivity contribution in [3.8, 4) is 0 Å². The van der Waals surface area contributed by atoms with Gasteiger partial charge in [0.1, 0.15) is 0 Å². The molecule has 0 aromatic carbocycles. The van der Waals surface area contributed by atoms with Gasteiger partial charge in [0.05, 0.1) is 25.7 Å². The van der Waals surface area contributed by atoms with Crippen LogP contribution < -0.4 is 11.2 Å². The smallest absolute Gasteiger partial charge is 0.328 e. The fourth-order valence-electron chi connectivity index (χ4n) is 2.33. The second kappa shape index (κ2) is 7.03. The van der Waals surface area contributed by atoms with Crippen LogP contribution in [0.3, 0.4) is 0 Å². The molecule has 1 fully saturated rings. The normalized spacial score (nSPS) is 18.2. The summed E-state index contributed by atoms with van der Waals surface area (Å²) in [6.07, 6.45) is 1.19. The van der Waals surface area contributed by atoms with E-state index in [1.54, 1.807) is 0 Å². The molecular formula is C13H17N3O6. The molecule has 2 heterocycles. The number of hydrogen-bond acceptors (Lipinski definition) is 5. The van der Waals surface area contributed by atoms with Crippen LogP contribution in [-0.2, 0) is 20.9 Å². The predicted octanol–water partition coefficient (Wildman–Crippen LogP) is -1.37. The molecule has 0 spiro atoms. The minimum atomic E-state index is -0.995. The molecule has 9 heteroatoms. The molecule has 0 radical (unpaired) electrons. The van der Waals surface area contributed by atoms with Crippen molar-refractivity contribution < 1.29 is 19.4 Å². The fourth-order valence-corrected chi connectivity index (χ4v) is 2.33. The summed E-state index contributed by atoms with van der Waals surface area (Å²) in [5.74, 6) is -1.24. The molecule has 0 saturated carbocycles. The molecule has 1 atom stereocenters. The lowest BCUT2D eigenvalue weighted by Gasteiger charge is -2.35. The molecule has 22 heavy (non-hydrogen) atoms. The zero-order chi connectivity index (χ0) is 16.1. The van der Waals surface area contributed by atoms with E-state index in [1.807, 2.05) is 0 Å². The molecule has 1 saturated heterocycles. The Morgan fingerprint density at radius 2 is 2.18 bits per heavy atom. The first-order valence-electron chi connectivity index (χ1n) is 6.86. The topological polar surface area (TPSA) is 122 Å². The number of H-pyrrole nitrogens is 1. The summed E-state index contributed by atoms with van der Waals surface area (Å²) in [5, 5.41) is 8.86. The minimum Gasteiger partial charge on any atom is -0.481 e. The van der Waals surface area contributed by atoms with E-state index in [0.717, 1.165) is 0 Å². The number of aryl methyl sites for hydroxylation is 1. The third kappa shape index (κ3) is 4.04. The van der Waals surface area contributed by atoms with Crippen molar-refractivity contribution in [2.75, 3.05) is 19.8 Å². The number of aromatic nitrogens is 2. The molecule has 2 N–H and O–H groups in total. The highest BCUT2D eigenvalue weighted by Crippen LogP contribution is 2.12. The molecule has 1 aromatic heterocycles. The molecule has 120 valence electrons. The van der Waals surface area contributed by atoms with Gasteiger partial charge in [-0.1, -0.05) is 0 Å². The van der Waals surface area contributed by atoms with Gasteiger partial charge in [-0.15, -0.1) is 0 Å². The van der Waals surface area contributed by atoms with Crippen molar-refractivity contribution in [1.82, 2.24) is 14.5 Å². The standard InChI is InChI=1S/C13H17N3O6/c17-10-1-3-15(13(21)14-10)4-2-11(18)16-5-6-22-8-9(16)7-12(19)20/h1,3,9H,2,4-8H2,(H,19,20)(H,14,17,21). The molecule has 0 bridgehead atoms. The van der Waals surface area contributed by atoms with Crippen molar-refractivity contribution in [2.24, 2.45) is 0 Å². The van der Waals surface area contributed by atoms with Crippen molar-refractivity contribution in [3.63, 3.8) is 0 Å². The number of carboxylic acids is 1. The Kier molecular flexibility index (Phi) is 5.10. The number of nitrogens with zero attached hydrogens (tertiary/aromatic N) is 2. The molecule has 9 nitrogen and oxygen atoms in total. The first kappa shape index (κ1) is 16.0. The van der Waals surface area contributed by atoms with Gasteiger partial charge in [-0.25, -0.2) is 4.79 Å². The van der Waals surface area contributed by atoms with E-state index in [-0.39, 0.29) is 31.9 Å². The number of carbonyl (C=O) groups is 2. The average molecular weight is 311 g/mol. The highest BCUT2D eigenvalue weighted by Gasteiger charge is 2.28. The Balaban J connectivity index is 1.99. The van der Waals surface area contributed by atoms with Crippen LogP contribution >= 0.6 is 0 Å². The van der Waals surface area contributed by atoms with Crippen LogP contribution in [-0.4, -0.2) is 57.2 Å². The second-order valence-corrected chi connectivity index (χ2v) is 4.97. The van der Waals surface area contributed by atoms with E-state index in [1.165, 1.54) is 21.7 Å². The Bertz CT molecular complexity index is 664. The molecule has 2 rings (SSSR count). The maximum atomic E-state index is 12.2. The maximum Gasteiger partial charge on any atom is 0.328 e. The number of carboxylic acid groups (broad SMARTS) is 1. The van der Waals surface area contributed by atoms with Gasteiger partial charge in [0.2, 0.25) is 5.91 Å². The lowest BCUT2D eigenvalue weighted by molar-refractivity contribution is -0.146. The van der Waals surface area contributed by atoms with Crippen molar-refractivity contribution in [3.05, 3.63) is 33.1 Å². The summed E-state index contributed by atoms with van der Waals surface area (Å²) < 4.78 is 6.43. The van der Waals surface area contributed by atoms with Gasteiger partial charge in [0.25, 0.3) is 5.56 Å². The van der Waals surface area contributed by atoms with Crippen LogP contribution in [0.1, 0.15) is 12.8 Å². The van der Waals surface area contributed by atoms with Gasteiger partial charge in [-0.05, 0) is 0 Å². The minimum absolute atomic E-state index is 0.0437. The Morgan fingerprint density at radius 1 is 1.41 bits per heavy atom. The van der Waals surface area contributed by atoms with Gasteiger partial charge in [-0.2, -0.15) is 0 Å². The van der Waals surface area contributed by atoms with Gasteiger partial charge < -0.3 is 19.3 Å². The summed E-state index contributed by atoms with van der Waals surface area (Å²) in [5.41, 5.74) is -1.08. The number of amides is 1. The fraction of sp³-hybridized carbons (Fsp3) is 0.538. The van der Waals surface area contributed by atoms with Gasteiger partial charge in [0.15, 0.2) is 0 Å². The number of aromatic amines is 1. The number of ether oxygens (including phenoxy) is 1. The van der Waals surface area contributed by atoms with Crippen molar-refractivity contribution in [1.29, 1.82) is 0 Å². The molecular weight excluding hydrogens is 294 g/mol. The molecule has 1 aromatic rings. The quantitative estimate of drug-likeness (QED) is 0.692. The number of morpholine rings is 1. The Morgan fingerprint density at radius 3 is 2.86 bits per heavy atom. The van der Waals surface area contributed by atoms with E-state index in [0.29, 0.717) is 13.2 Å². The largest absolute Gasteiger partial charge is 0.481 e. The molecule has 1 aliphatic rings. The number of aliphatic carboxylic acids is 1. The van der Waals surface area contributed by atoms with Crippen molar-refractivity contribution >= 4 is 11.9 Å². The Hall–Kier alpha value is -2.42. The molecule has 1 aliphatic heterocycles. The average Bonchev–Trinajstić information content (AvgIpc) is 2.46. The highest BCUT2D eigenvalue weighted by atomic mass is 16.5. The number of carbonyl (C=O) groups excluding carboxylic acids is 1. The van der Waals surface area contributed by atoms with Crippen LogP contribution in [0.15, 0.2) is 21.9 Å². The van der Waals surface area contributed by atoms with Crippen molar-refractivity contribution in [2.45, 2.75) is 25.4 Å². The van der Waals surface area contributed by atoms with E-state index in [4.69, 9.17) is 9.84 Å². The monoisotopic (exact) mass is 311 g/mol. The van der Waals surface area contributed by atoms with E-state index in [2.05, 4.69) is 4.98 Å². The summed E-state index contributed by atoms with van der Waals surface area (Å²) in [4.78, 5) is 49.1.